The Morgan fingerprint density at radius 2 is 2.17 bits per heavy atom. The van der Waals surface area contributed by atoms with E-state index in [9.17, 15) is 0 Å². The van der Waals surface area contributed by atoms with Gasteiger partial charge >= 0.3 is 0 Å². The molecule has 0 fully saturated rings. The number of alkyl halides is 1. The van der Waals surface area contributed by atoms with Crippen molar-refractivity contribution >= 4 is 22.8 Å². The first-order valence-electron chi connectivity index (χ1n) is 6.03. The van der Waals surface area contributed by atoms with Gasteiger partial charge in [0.1, 0.15) is 11.3 Å². The van der Waals surface area contributed by atoms with Crippen LogP contribution >= 0.6 is 11.6 Å². The van der Waals surface area contributed by atoms with Crippen LogP contribution in [0.3, 0.4) is 0 Å². The number of hydrogen-bond acceptors (Lipinski definition) is 3. The molecule has 0 aromatic carbocycles. The SMILES string of the molecule is COCC(C)Cn1c(CCl)nc2ccc(C)nc21. The molecule has 98 valence electrons. The lowest BCUT2D eigenvalue weighted by molar-refractivity contribution is 0.151. The zero-order valence-corrected chi connectivity index (χ0v) is 11.7. The van der Waals surface area contributed by atoms with Crippen molar-refractivity contribution in [1.82, 2.24) is 14.5 Å². The third-order valence-corrected chi connectivity index (χ3v) is 3.11. The fourth-order valence-electron chi connectivity index (χ4n) is 2.09. The number of fused-ring (bicyclic) bond motifs is 1. The summed E-state index contributed by atoms with van der Waals surface area (Å²) in [4.78, 5) is 9.07. The van der Waals surface area contributed by atoms with E-state index in [0.717, 1.165) is 29.2 Å². The van der Waals surface area contributed by atoms with Crippen molar-refractivity contribution in [3.63, 3.8) is 0 Å². The number of hydrogen-bond donors (Lipinski definition) is 0. The Morgan fingerprint density at radius 3 is 2.83 bits per heavy atom. The summed E-state index contributed by atoms with van der Waals surface area (Å²) < 4.78 is 7.27. The highest BCUT2D eigenvalue weighted by atomic mass is 35.5. The first-order chi connectivity index (χ1) is 8.65. The lowest BCUT2D eigenvalue weighted by Gasteiger charge is -2.13. The van der Waals surface area contributed by atoms with Crippen LogP contribution in [0, 0.1) is 12.8 Å². The highest BCUT2D eigenvalue weighted by Crippen LogP contribution is 2.18. The van der Waals surface area contributed by atoms with Gasteiger partial charge in [-0.3, -0.25) is 0 Å². The van der Waals surface area contributed by atoms with Crippen LogP contribution in [0.25, 0.3) is 11.2 Å². The van der Waals surface area contributed by atoms with Crippen molar-refractivity contribution < 1.29 is 4.74 Å². The topological polar surface area (TPSA) is 39.9 Å². The van der Waals surface area contributed by atoms with Gasteiger partial charge in [-0.05, 0) is 25.0 Å². The summed E-state index contributed by atoms with van der Waals surface area (Å²) in [5.41, 5.74) is 2.80. The van der Waals surface area contributed by atoms with E-state index in [2.05, 4.69) is 21.5 Å². The lowest BCUT2D eigenvalue weighted by Crippen LogP contribution is -2.14. The van der Waals surface area contributed by atoms with Crippen molar-refractivity contribution in [3.8, 4) is 0 Å². The summed E-state index contributed by atoms with van der Waals surface area (Å²) in [6.45, 7) is 5.66. The van der Waals surface area contributed by atoms with Crippen LogP contribution in [0.15, 0.2) is 12.1 Å². The summed E-state index contributed by atoms with van der Waals surface area (Å²) in [6.07, 6.45) is 0. The highest BCUT2D eigenvalue weighted by molar-refractivity contribution is 6.16. The molecule has 1 unspecified atom stereocenters. The highest BCUT2D eigenvalue weighted by Gasteiger charge is 2.13. The van der Waals surface area contributed by atoms with Crippen molar-refractivity contribution in [1.29, 1.82) is 0 Å². The number of aryl methyl sites for hydroxylation is 1. The molecule has 5 heteroatoms. The zero-order chi connectivity index (χ0) is 13.1. The quantitative estimate of drug-likeness (QED) is 0.782. The summed E-state index contributed by atoms with van der Waals surface area (Å²) in [5, 5.41) is 0. The molecule has 2 heterocycles. The second-order valence-electron chi connectivity index (χ2n) is 4.63. The minimum atomic E-state index is 0.398. The first-order valence-corrected chi connectivity index (χ1v) is 6.56. The Bertz CT molecular complexity index is 538. The molecule has 0 saturated heterocycles. The molecular formula is C13H18ClN3O. The van der Waals surface area contributed by atoms with Gasteiger partial charge in [-0.2, -0.15) is 0 Å². The Labute approximate surface area is 112 Å². The van der Waals surface area contributed by atoms with Gasteiger partial charge in [-0.15, -0.1) is 11.6 Å². The van der Waals surface area contributed by atoms with E-state index < -0.39 is 0 Å². The number of nitrogens with zero attached hydrogens (tertiary/aromatic N) is 3. The molecule has 0 amide bonds. The van der Waals surface area contributed by atoms with Crippen LogP contribution in [0.4, 0.5) is 0 Å². The predicted octanol–water partition coefficient (Wildman–Crippen LogP) is 2.76. The number of pyridine rings is 1. The lowest BCUT2D eigenvalue weighted by atomic mass is 10.2. The molecule has 0 aliphatic rings. The first kappa shape index (κ1) is 13.3. The van der Waals surface area contributed by atoms with E-state index in [-0.39, 0.29) is 0 Å². The number of methoxy groups -OCH3 is 1. The average molecular weight is 268 g/mol. The second kappa shape index (κ2) is 5.67. The number of halogens is 1. The van der Waals surface area contributed by atoms with Gasteiger partial charge in [0.15, 0.2) is 5.65 Å². The smallest absolute Gasteiger partial charge is 0.160 e. The monoisotopic (exact) mass is 267 g/mol. The molecule has 0 saturated carbocycles. The summed E-state index contributed by atoms with van der Waals surface area (Å²) in [6, 6.07) is 3.96. The maximum atomic E-state index is 5.96. The van der Waals surface area contributed by atoms with Gasteiger partial charge in [0, 0.05) is 19.3 Å². The van der Waals surface area contributed by atoms with E-state index in [1.165, 1.54) is 0 Å². The third kappa shape index (κ3) is 2.65. The number of rotatable bonds is 5. The molecule has 0 spiro atoms. The third-order valence-electron chi connectivity index (χ3n) is 2.88. The molecule has 0 aliphatic heterocycles. The van der Waals surface area contributed by atoms with Crippen molar-refractivity contribution in [2.24, 2.45) is 5.92 Å². The minimum Gasteiger partial charge on any atom is -0.384 e. The fraction of sp³-hybridized carbons (Fsp3) is 0.538. The predicted molar refractivity (Wildman–Crippen MR) is 72.9 cm³/mol. The number of imidazole rings is 1. The van der Waals surface area contributed by atoms with E-state index >= 15 is 0 Å². The standard InChI is InChI=1S/C13H18ClN3O/c1-9(8-18-3)7-17-12(6-14)16-11-5-4-10(2)15-13(11)17/h4-5,9H,6-8H2,1-3H3. The normalized spacial score (nSPS) is 13.1. The fourth-order valence-corrected chi connectivity index (χ4v) is 2.29. The van der Waals surface area contributed by atoms with Crippen molar-refractivity contribution in [2.45, 2.75) is 26.3 Å². The van der Waals surface area contributed by atoms with Gasteiger partial charge in [0.2, 0.25) is 0 Å². The molecule has 2 rings (SSSR count). The maximum absolute atomic E-state index is 5.96. The number of aromatic nitrogens is 3. The van der Waals surface area contributed by atoms with Crippen LogP contribution in [0.2, 0.25) is 0 Å². The molecule has 0 radical (unpaired) electrons. The largest absolute Gasteiger partial charge is 0.384 e. The molecule has 4 nitrogen and oxygen atoms in total. The van der Waals surface area contributed by atoms with Crippen LogP contribution in [0.5, 0.6) is 0 Å². The molecule has 0 bridgehead atoms. The van der Waals surface area contributed by atoms with E-state index in [0.29, 0.717) is 18.4 Å². The van der Waals surface area contributed by atoms with Gasteiger partial charge in [0.25, 0.3) is 0 Å². The Balaban J connectivity index is 2.42. The van der Waals surface area contributed by atoms with E-state index in [1.807, 2.05) is 19.1 Å². The molecule has 1 atom stereocenters. The minimum absolute atomic E-state index is 0.398. The van der Waals surface area contributed by atoms with Crippen molar-refractivity contribution in [2.75, 3.05) is 13.7 Å². The molecule has 18 heavy (non-hydrogen) atoms. The number of ether oxygens (including phenoxy) is 1. The van der Waals surface area contributed by atoms with Gasteiger partial charge in [0.05, 0.1) is 12.5 Å². The van der Waals surface area contributed by atoms with Crippen molar-refractivity contribution in [3.05, 3.63) is 23.7 Å². The van der Waals surface area contributed by atoms with Gasteiger partial charge < -0.3 is 9.30 Å². The van der Waals surface area contributed by atoms with Gasteiger partial charge in [-0.25, -0.2) is 9.97 Å². The van der Waals surface area contributed by atoms with E-state index in [1.54, 1.807) is 7.11 Å². The molecule has 0 N–H and O–H groups in total. The van der Waals surface area contributed by atoms with E-state index in [4.69, 9.17) is 16.3 Å². The second-order valence-corrected chi connectivity index (χ2v) is 4.90. The summed E-state index contributed by atoms with van der Waals surface area (Å²) in [5.74, 6) is 1.67. The molecule has 2 aromatic heterocycles. The van der Waals surface area contributed by atoms with Gasteiger partial charge in [-0.1, -0.05) is 6.92 Å². The molecular weight excluding hydrogens is 250 g/mol. The zero-order valence-electron chi connectivity index (χ0n) is 11.0. The van der Waals surface area contributed by atoms with Crippen LogP contribution < -0.4 is 0 Å². The molecule has 2 aromatic rings. The maximum Gasteiger partial charge on any atom is 0.160 e. The molecule has 0 aliphatic carbocycles. The van der Waals surface area contributed by atoms with Crippen LogP contribution in [-0.2, 0) is 17.2 Å². The van der Waals surface area contributed by atoms with Crippen LogP contribution in [-0.4, -0.2) is 28.3 Å². The van der Waals surface area contributed by atoms with Crippen LogP contribution in [0.1, 0.15) is 18.4 Å². The summed E-state index contributed by atoms with van der Waals surface area (Å²) in [7, 11) is 1.72. The Kier molecular flexibility index (Phi) is 4.19. The average Bonchev–Trinajstić information content (AvgIpc) is 2.67. The Morgan fingerprint density at radius 1 is 1.39 bits per heavy atom. The Hall–Kier alpha value is -1.13. The summed E-state index contributed by atoms with van der Waals surface area (Å²) >= 11 is 5.96.